The fourth-order valence-electron chi connectivity index (χ4n) is 1.58. The normalized spacial score (nSPS) is 11.4. The van der Waals surface area contributed by atoms with Gasteiger partial charge in [0.15, 0.2) is 9.84 Å². The maximum absolute atomic E-state index is 11.3. The Morgan fingerprint density at radius 2 is 1.84 bits per heavy atom. The molecule has 0 saturated carbocycles. The lowest BCUT2D eigenvalue weighted by Crippen LogP contribution is -2.19. The van der Waals surface area contributed by atoms with Gasteiger partial charge in [-0.05, 0) is 18.4 Å². The molecule has 0 atom stereocenters. The van der Waals surface area contributed by atoms with Crippen LogP contribution in [0.4, 0.5) is 0 Å². The van der Waals surface area contributed by atoms with Gasteiger partial charge in [0.2, 0.25) is 0 Å². The average molecular weight is 286 g/mol. The zero-order valence-electron chi connectivity index (χ0n) is 10.6. The van der Waals surface area contributed by atoms with Gasteiger partial charge in [-0.1, -0.05) is 30.3 Å². The Balaban J connectivity index is 2.10. The molecule has 5 nitrogen and oxygen atoms in total. The zero-order valence-corrected chi connectivity index (χ0v) is 11.4. The zero-order chi connectivity index (χ0) is 14.1. The van der Waals surface area contributed by atoms with Crippen LogP contribution >= 0.6 is 0 Å². The van der Waals surface area contributed by atoms with E-state index in [0.29, 0.717) is 19.6 Å². The van der Waals surface area contributed by atoms with Gasteiger partial charge in [0.1, 0.15) is 5.75 Å². The van der Waals surface area contributed by atoms with Gasteiger partial charge in [-0.3, -0.25) is 4.79 Å². The Hall–Kier alpha value is -1.40. The van der Waals surface area contributed by atoms with Crippen LogP contribution in [0.25, 0.3) is 0 Å². The molecule has 0 unspecified atom stereocenters. The first kappa shape index (κ1) is 15.7. The van der Waals surface area contributed by atoms with Crippen molar-refractivity contribution in [1.29, 1.82) is 0 Å². The van der Waals surface area contributed by atoms with E-state index in [9.17, 15) is 13.2 Å². The fraction of sp³-hybridized carbons (Fsp3) is 0.462. The van der Waals surface area contributed by atoms with Crippen LogP contribution in [0.3, 0.4) is 0 Å². The molecule has 0 aliphatic rings. The molecule has 0 amide bonds. The summed E-state index contributed by atoms with van der Waals surface area (Å²) in [4.78, 5) is 10.3. The van der Waals surface area contributed by atoms with Gasteiger partial charge < -0.3 is 9.84 Å². The number of sulfone groups is 1. The molecule has 19 heavy (non-hydrogen) atoms. The number of ether oxygens (including phenoxy) is 1. The Morgan fingerprint density at radius 1 is 1.16 bits per heavy atom. The third kappa shape index (κ3) is 7.58. The Kier molecular flexibility index (Phi) is 6.52. The molecule has 1 aromatic carbocycles. The second-order valence-corrected chi connectivity index (χ2v) is 6.37. The molecule has 6 heteroatoms. The maximum atomic E-state index is 11.3. The van der Waals surface area contributed by atoms with Crippen LogP contribution in [0.2, 0.25) is 0 Å². The van der Waals surface area contributed by atoms with Gasteiger partial charge in [-0.2, -0.15) is 0 Å². The molecule has 106 valence electrons. The van der Waals surface area contributed by atoms with Crippen LogP contribution in [0.1, 0.15) is 12.0 Å². The minimum Gasteiger partial charge on any atom is -0.480 e. The lowest BCUT2D eigenvalue weighted by atomic mass is 10.2. The van der Waals surface area contributed by atoms with E-state index in [-0.39, 0.29) is 5.75 Å². The monoisotopic (exact) mass is 286 g/mol. The van der Waals surface area contributed by atoms with Crippen LogP contribution in [-0.4, -0.2) is 44.2 Å². The summed E-state index contributed by atoms with van der Waals surface area (Å²) in [6.45, 7) is 0.856. The number of carboxylic acids is 1. The van der Waals surface area contributed by atoms with Crippen molar-refractivity contribution in [3.05, 3.63) is 35.9 Å². The van der Waals surface area contributed by atoms with E-state index in [1.165, 1.54) is 5.56 Å². The Labute approximate surface area is 113 Å². The van der Waals surface area contributed by atoms with E-state index in [0.717, 1.165) is 6.42 Å². The van der Waals surface area contributed by atoms with Gasteiger partial charge in [0.25, 0.3) is 0 Å². The van der Waals surface area contributed by atoms with Crippen molar-refractivity contribution in [3.63, 3.8) is 0 Å². The van der Waals surface area contributed by atoms with Crippen LogP contribution < -0.4 is 0 Å². The summed E-state index contributed by atoms with van der Waals surface area (Å²) in [6, 6.07) is 9.85. The molecule has 0 bridgehead atoms. The van der Waals surface area contributed by atoms with Gasteiger partial charge in [0, 0.05) is 6.61 Å². The van der Waals surface area contributed by atoms with E-state index < -0.39 is 21.6 Å². The lowest BCUT2D eigenvalue weighted by molar-refractivity contribution is -0.134. The summed E-state index contributed by atoms with van der Waals surface area (Å²) in [7, 11) is -3.50. The van der Waals surface area contributed by atoms with Crippen LogP contribution in [0, 0.1) is 0 Å². The minimum absolute atomic E-state index is 0.148. The van der Waals surface area contributed by atoms with Crippen molar-refractivity contribution >= 4 is 15.8 Å². The number of hydrogen-bond acceptors (Lipinski definition) is 4. The molecule has 0 saturated heterocycles. The standard InChI is InChI=1S/C13H18O5S/c14-13(15)11-19(16,17)10-4-8-18-9-7-12-5-2-1-3-6-12/h1-3,5-6H,4,7-11H2,(H,14,15). The number of carbonyl (C=O) groups is 1. The van der Waals surface area contributed by atoms with E-state index in [1.54, 1.807) is 0 Å². The van der Waals surface area contributed by atoms with Crippen molar-refractivity contribution in [3.8, 4) is 0 Å². The molecule has 1 N–H and O–H groups in total. The molecule has 0 fully saturated rings. The van der Waals surface area contributed by atoms with Crippen LogP contribution in [0.5, 0.6) is 0 Å². The fourth-order valence-corrected chi connectivity index (χ4v) is 2.66. The number of benzene rings is 1. The molecular formula is C13H18O5S. The third-order valence-electron chi connectivity index (χ3n) is 2.47. The van der Waals surface area contributed by atoms with Crippen molar-refractivity contribution in [2.45, 2.75) is 12.8 Å². The minimum atomic E-state index is -3.50. The van der Waals surface area contributed by atoms with Gasteiger partial charge in [0.05, 0.1) is 12.4 Å². The van der Waals surface area contributed by atoms with E-state index in [2.05, 4.69) is 0 Å². The molecule has 0 aliphatic carbocycles. The highest BCUT2D eigenvalue weighted by Gasteiger charge is 2.14. The third-order valence-corrected chi connectivity index (χ3v) is 4.06. The predicted molar refractivity (Wildman–Crippen MR) is 71.9 cm³/mol. The summed E-state index contributed by atoms with van der Waals surface area (Å²) in [5.41, 5.74) is 1.17. The number of aliphatic carboxylic acids is 1. The van der Waals surface area contributed by atoms with E-state index >= 15 is 0 Å². The number of rotatable bonds is 9. The van der Waals surface area contributed by atoms with E-state index in [1.807, 2.05) is 30.3 Å². The molecule has 0 aliphatic heterocycles. The van der Waals surface area contributed by atoms with Crippen LogP contribution in [0.15, 0.2) is 30.3 Å². The first-order valence-electron chi connectivity index (χ1n) is 6.03. The highest BCUT2D eigenvalue weighted by molar-refractivity contribution is 7.92. The predicted octanol–water partition coefficient (Wildman–Crippen LogP) is 1.14. The molecule has 0 spiro atoms. The largest absolute Gasteiger partial charge is 0.480 e. The second kappa shape index (κ2) is 7.91. The van der Waals surface area contributed by atoms with Gasteiger partial charge in [-0.15, -0.1) is 0 Å². The van der Waals surface area contributed by atoms with Crippen molar-refractivity contribution in [2.75, 3.05) is 24.7 Å². The quantitative estimate of drug-likeness (QED) is 0.688. The molecule has 0 heterocycles. The second-order valence-electron chi connectivity index (χ2n) is 4.19. The van der Waals surface area contributed by atoms with Crippen molar-refractivity contribution in [2.24, 2.45) is 0 Å². The average Bonchev–Trinajstić information content (AvgIpc) is 2.33. The Morgan fingerprint density at radius 3 is 2.47 bits per heavy atom. The van der Waals surface area contributed by atoms with Gasteiger partial charge in [-0.25, -0.2) is 8.42 Å². The van der Waals surface area contributed by atoms with Crippen molar-refractivity contribution in [1.82, 2.24) is 0 Å². The smallest absolute Gasteiger partial charge is 0.318 e. The maximum Gasteiger partial charge on any atom is 0.318 e. The molecule has 0 aromatic heterocycles. The molecule has 0 radical (unpaired) electrons. The first-order valence-corrected chi connectivity index (χ1v) is 7.85. The molecule has 1 aromatic rings. The first-order chi connectivity index (χ1) is 8.99. The molecule has 1 rings (SSSR count). The van der Waals surface area contributed by atoms with Crippen molar-refractivity contribution < 1.29 is 23.1 Å². The van der Waals surface area contributed by atoms with Gasteiger partial charge >= 0.3 is 5.97 Å². The summed E-state index contributed by atoms with van der Waals surface area (Å²) >= 11 is 0. The SMILES string of the molecule is O=C(O)CS(=O)(=O)CCCOCCc1ccccc1. The highest BCUT2D eigenvalue weighted by Crippen LogP contribution is 2.00. The summed E-state index contributed by atoms with van der Waals surface area (Å²) in [5, 5.41) is 8.41. The summed E-state index contributed by atoms with van der Waals surface area (Å²) in [5.74, 6) is -2.27. The lowest BCUT2D eigenvalue weighted by Gasteiger charge is -2.04. The summed E-state index contributed by atoms with van der Waals surface area (Å²) in [6.07, 6.45) is 1.10. The Bertz CT molecular complexity index is 481. The van der Waals surface area contributed by atoms with E-state index in [4.69, 9.17) is 9.84 Å². The number of hydrogen-bond donors (Lipinski definition) is 1. The number of carboxylic acid groups (broad SMARTS) is 1. The highest BCUT2D eigenvalue weighted by atomic mass is 32.2. The van der Waals surface area contributed by atoms with Crippen LogP contribution in [-0.2, 0) is 25.8 Å². The topological polar surface area (TPSA) is 80.7 Å². The summed E-state index contributed by atoms with van der Waals surface area (Å²) < 4.78 is 27.8. The molecular weight excluding hydrogens is 268 g/mol.